The van der Waals surface area contributed by atoms with Crippen molar-refractivity contribution in [3.63, 3.8) is 0 Å². The normalized spacial score (nSPS) is 12.8. The van der Waals surface area contributed by atoms with Crippen LogP contribution in [0.15, 0.2) is 29.2 Å². The molecule has 1 aromatic rings. The van der Waals surface area contributed by atoms with Crippen molar-refractivity contribution >= 4 is 11.8 Å². The fraction of sp³-hybridized carbons (Fsp3) is 0.455. The number of aliphatic hydroxyl groups is 1. The summed E-state index contributed by atoms with van der Waals surface area (Å²) in [6.45, 7) is 4.08. The smallest absolute Gasteiger partial charge is 0.0631 e. The molecule has 13 heavy (non-hydrogen) atoms. The second kappa shape index (κ2) is 5.30. The lowest BCUT2D eigenvalue weighted by Crippen LogP contribution is -2.06. The Hall–Kier alpha value is -0.470. The molecule has 1 nitrogen and oxygen atoms in total. The topological polar surface area (TPSA) is 20.2 Å². The number of rotatable bonds is 4. The molecule has 0 aliphatic carbocycles. The van der Waals surface area contributed by atoms with E-state index < -0.39 is 0 Å². The second-order valence-corrected chi connectivity index (χ2v) is 4.28. The summed E-state index contributed by atoms with van der Waals surface area (Å²) in [4.78, 5) is 1.23. The SMILES string of the molecule is CC[C@H](O)CSc1ccc(C)cc1. The molecule has 0 aromatic heterocycles. The van der Waals surface area contributed by atoms with Gasteiger partial charge >= 0.3 is 0 Å². The molecule has 0 amide bonds. The summed E-state index contributed by atoms with van der Waals surface area (Å²) in [7, 11) is 0. The highest BCUT2D eigenvalue weighted by molar-refractivity contribution is 7.99. The Morgan fingerprint density at radius 2 is 1.92 bits per heavy atom. The van der Waals surface area contributed by atoms with Crippen molar-refractivity contribution in [2.45, 2.75) is 31.3 Å². The molecule has 1 atom stereocenters. The van der Waals surface area contributed by atoms with Crippen LogP contribution < -0.4 is 0 Å². The van der Waals surface area contributed by atoms with Crippen LogP contribution in [0.25, 0.3) is 0 Å². The lowest BCUT2D eigenvalue weighted by Gasteiger charge is -2.06. The first-order valence-electron chi connectivity index (χ1n) is 4.60. The number of benzene rings is 1. The van der Waals surface area contributed by atoms with Crippen molar-refractivity contribution in [3.05, 3.63) is 29.8 Å². The van der Waals surface area contributed by atoms with Crippen molar-refractivity contribution < 1.29 is 5.11 Å². The van der Waals surface area contributed by atoms with E-state index in [1.54, 1.807) is 11.8 Å². The monoisotopic (exact) mass is 196 g/mol. The average molecular weight is 196 g/mol. The molecule has 0 saturated heterocycles. The Kier molecular flexibility index (Phi) is 4.33. The van der Waals surface area contributed by atoms with E-state index in [4.69, 9.17) is 0 Å². The van der Waals surface area contributed by atoms with Gasteiger partial charge in [-0.05, 0) is 25.5 Å². The highest BCUT2D eigenvalue weighted by atomic mass is 32.2. The van der Waals surface area contributed by atoms with Crippen LogP contribution in [0.1, 0.15) is 18.9 Å². The van der Waals surface area contributed by atoms with E-state index in [0.29, 0.717) is 0 Å². The van der Waals surface area contributed by atoms with Crippen LogP contribution in [0.2, 0.25) is 0 Å². The molecular formula is C11H16OS. The predicted octanol–water partition coefficient (Wildman–Crippen LogP) is 2.86. The fourth-order valence-electron chi connectivity index (χ4n) is 0.945. The third-order valence-electron chi connectivity index (χ3n) is 1.93. The van der Waals surface area contributed by atoms with Gasteiger partial charge in [0.2, 0.25) is 0 Å². The summed E-state index contributed by atoms with van der Waals surface area (Å²) < 4.78 is 0. The molecule has 1 N–H and O–H groups in total. The predicted molar refractivity (Wildman–Crippen MR) is 58.2 cm³/mol. The minimum Gasteiger partial charge on any atom is -0.392 e. The lowest BCUT2D eigenvalue weighted by atomic mass is 10.2. The van der Waals surface area contributed by atoms with E-state index in [2.05, 4.69) is 31.2 Å². The third kappa shape index (κ3) is 3.83. The highest BCUT2D eigenvalue weighted by Gasteiger charge is 2.01. The molecule has 2 heteroatoms. The van der Waals surface area contributed by atoms with Gasteiger partial charge in [0.25, 0.3) is 0 Å². The molecule has 0 aliphatic heterocycles. The summed E-state index contributed by atoms with van der Waals surface area (Å²) in [5.74, 6) is 0.791. The zero-order chi connectivity index (χ0) is 9.68. The maximum Gasteiger partial charge on any atom is 0.0631 e. The molecule has 1 aromatic carbocycles. The number of aliphatic hydroxyl groups excluding tert-OH is 1. The Morgan fingerprint density at radius 1 is 1.31 bits per heavy atom. The van der Waals surface area contributed by atoms with Gasteiger partial charge in [0.1, 0.15) is 0 Å². The first-order valence-corrected chi connectivity index (χ1v) is 5.58. The molecular weight excluding hydrogens is 180 g/mol. The van der Waals surface area contributed by atoms with Gasteiger partial charge < -0.3 is 5.11 Å². The van der Waals surface area contributed by atoms with Crippen LogP contribution in [-0.4, -0.2) is 17.0 Å². The Labute approximate surface area is 84.2 Å². The fourth-order valence-corrected chi connectivity index (χ4v) is 1.89. The van der Waals surface area contributed by atoms with Crippen LogP contribution in [0.5, 0.6) is 0 Å². The quantitative estimate of drug-likeness (QED) is 0.747. The van der Waals surface area contributed by atoms with E-state index in [0.717, 1.165) is 12.2 Å². The molecule has 0 spiro atoms. The van der Waals surface area contributed by atoms with Gasteiger partial charge in [0, 0.05) is 10.6 Å². The van der Waals surface area contributed by atoms with Gasteiger partial charge in [-0.3, -0.25) is 0 Å². The van der Waals surface area contributed by atoms with Gasteiger partial charge in [0.15, 0.2) is 0 Å². The Balaban J connectivity index is 2.41. The molecule has 0 fully saturated rings. The summed E-state index contributed by atoms with van der Waals surface area (Å²) >= 11 is 1.71. The van der Waals surface area contributed by atoms with E-state index in [9.17, 15) is 5.11 Å². The van der Waals surface area contributed by atoms with Gasteiger partial charge in [-0.2, -0.15) is 0 Å². The van der Waals surface area contributed by atoms with Gasteiger partial charge in [0.05, 0.1) is 6.10 Å². The molecule has 0 unspecified atom stereocenters. The van der Waals surface area contributed by atoms with Crippen LogP contribution in [0.4, 0.5) is 0 Å². The molecule has 0 bridgehead atoms. The van der Waals surface area contributed by atoms with E-state index in [1.165, 1.54) is 10.5 Å². The maximum absolute atomic E-state index is 9.35. The minimum atomic E-state index is -0.175. The van der Waals surface area contributed by atoms with E-state index in [-0.39, 0.29) is 6.10 Å². The van der Waals surface area contributed by atoms with Crippen molar-refractivity contribution in [1.29, 1.82) is 0 Å². The maximum atomic E-state index is 9.35. The summed E-state index contributed by atoms with van der Waals surface area (Å²) in [5.41, 5.74) is 1.28. The number of aryl methyl sites for hydroxylation is 1. The van der Waals surface area contributed by atoms with Gasteiger partial charge in [-0.15, -0.1) is 11.8 Å². The summed E-state index contributed by atoms with van der Waals surface area (Å²) in [6.07, 6.45) is 0.657. The van der Waals surface area contributed by atoms with Crippen LogP contribution in [0.3, 0.4) is 0 Å². The molecule has 0 aliphatic rings. The van der Waals surface area contributed by atoms with E-state index in [1.807, 2.05) is 6.92 Å². The molecule has 0 radical (unpaired) electrons. The zero-order valence-electron chi connectivity index (χ0n) is 8.16. The standard InChI is InChI=1S/C11H16OS/c1-3-10(12)8-13-11-6-4-9(2)5-7-11/h4-7,10,12H,3,8H2,1-2H3/t10-/m0/s1. The molecule has 1 rings (SSSR count). The molecule has 0 saturated carbocycles. The highest BCUT2D eigenvalue weighted by Crippen LogP contribution is 2.19. The van der Waals surface area contributed by atoms with Gasteiger partial charge in [-0.1, -0.05) is 24.6 Å². The van der Waals surface area contributed by atoms with Crippen LogP contribution in [-0.2, 0) is 0 Å². The first-order chi connectivity index (χ1) is 6.22. The van der Waals surface area contributed by atoms with Crippen LogP contribution in [0, 0.1) is 6.92 Å². The van der Waals surface area contributed by atoms with Gasteiger partial charge in [-0.25, -0.2) is 0 Å². The first kappa shape index (κ1) is 10.6. The Morgan fingerprint density at radius 3 is 2.46 bits per heavy atom. The van der Waals surface area contributed by atoms with E-state index >= 15 is 0 Å². The summed E-state index contributed by atoms with van der Waals surface area (Å²) in [6, 6.07) is 8.39. The molecule has 0 heterocycles. The van der Waals surface area contributed by atoms with Crippen molar-refractivity contribution in [2.24, 2.45) is 0 Å². The summed E-state index contributed by atoms with van der Waals surface area (Å²) in [5, 5.41) is 9.35. The second-order valence-electron chi connectivity index (χ2n) is 3.19. The van der Waals surface area contributed by atoms with Crippen molar-refractivity contribution in [1.82, 2.24) is 0 Å². The Bertz CT molecular complexity index is 243. The average Bonchev–Trinajstić information content (AvgIpc) is 2.16. The number of hydrogen-bond donors (Lipinski definition) is 1. The zero-order valence-corrected chi connectivity index (χ0v) is 8.97. The van der Waals surface area contributed by atoms with Crippen molar-refractivity contribution in [3.8, 4) is 0 Å². The van der Waals surface area contributed by atoms with Crippen LogP contribution >= 0.6 is 11.8 Å². The number of hydrogen-bond acceptors (Lipinski definition) is 2. The third-order valence-corrected chi connectivity index (χ3v) is 3.09. The number of thioether (sulfide) groups is 1. The minimum absolute atomic E-state index is 0.175. The van der Waals surface area contributed by atoms with Crippen molar-refractivity contribution in [2.75, 3.05) is 5.75 Å². The largest absolute Gasteiger partial charge is 0.392 e. The molecule has 72 valence electrons. The lowest BCUT2D eigenvalue weighted by molar-refractivity contribution is 0.195.